The molecule has 1 aromatic rings. The molecular formula is C14H23N3O2S. The highest BCUT2D eigenvalue weighted by Gasteiger charge is 2.25. The molecule has 1 fully saturated rings. The highest BCUT2D eigenvalue weighted by atomic mass is 32.2. The summed E-state index contributed by atoms with van der Waals surface area (Å²) >= 11 is 0. The van der Waals surface area contributed by atoms with Crippen molar-refractivity contribution in [1.29, 1.82) is 0 Å². The van der Waals surface area contributed by atoms with Gasteiger partial charge in [-0.1, -0.05) is 6.92 Å². The van der Waals surface area contributed by atoms with Crippen molar-refractivity contribution in [3.63, 3.8) is 0 Å². The lowest BCUT2D eigenvalue weighted by Gasteiger charge is -2.26. The van der Waals surface area contributed by atoms with Crippen LogP contribution in [0.3, 0.4) is 0 Å². The molecule has 0 spiro atoms. The molecule has 1 aromatic carbocycles. The van der Waals surface area contributed by atoms with Crippen LogP contribution in [0.2, 0.25) is 0 Å². The van der Waals surface area contributed by atoms with E-state index in [4.69, 9.17) is 5.73 Å². The zero-order chi connectivity index (χ0) is 14.8. The summed E-state index contributed by atoms with van der Waals surface area (Å²) in [7, 11) is -2.04. The van der Waals surface area contributed by atoms with Crippen molar-refractivity contribution in [2.24, 2.45) is 5.92 Å². The molecule has 0 saturated heterocycles. The molecule has 0 heterocycles. The number of benzene rings is 1. The molecule has 1 saturated carbocycles. The Morgan fingerprint density at radius 1 is 1.40 bits per heavy atom. The summed E-state index contributed by atoms with van der Waals surface area (Å²) in [6, 6.07) is 4.97. The Hall–Kier alpha value is -1.27. The van der Waals surface area contributed by atoms with Gasteiger partial charge in [-0.25, -0.2) is 13.1 Å². The molecule has 0 atom stereocenters. The third-order valence-corrected chi connectivity index (χ3v) is 5.00. The predicted octanol–water partition coefficient (Wildman–Crippen LogP) is 1.80. The van der Waals surface area contributed by atoms with Gasteiger partial charge in [-0.2, -0.15) is 0 Å². The number of nitrogens with one attached hydrogen (secondary N) is 1. The maximum absolute atomic E-state index is 11.8. The average Bonchev–Trinajstić information content (AvgIpc) is 3.22. The van der Waals surface area contributed by atoms with Crippen LogP contribution in [-0.2, 0) is 10.0 Å². The summed E-state index contributed by atoms with van der Waals surface area (Å²) in [5.74, 6) is 0.765. The van der Waals surface area contributed by atoms with Gasteiger partial charge in [0.25, 0.3) is 0 Å². The van der Waals surface area contributed by atoms with Gasteiger partial charge in [0.1, 0.15) is 0 Å². The normalized spacial score (nSPS) is 15.3. The first-order chi connectivity index (χ1) is 9.47. The van der Waals surface area contributed by atoms with Gasteiger partial charge in [-0.15, -0.1) is 0 Å². The summed E-state index contributed by atoms with van der Waals surface area (Å²) in [6.45, 7) is 4.09. The number of sulfonamides is 1. The maximum Gasteiger partial charge on any atom is 0.240 e. The molecule has 3 N–H and O–H groups in total. The van der Waals surface area contributed by atoms with E-state index in [0.717, 1.165) is 31.1 Å². The minimum atomic E-state index is -3.43. The zero-order valence-electron chi connectivity index (χ0n) is 12.1. The SMILES string of the molecule is CCCN(CC1CC1)c1ccc(S(=O)(=O)NC)cc1N. The first-order valence-electron chi connectivity index (χ1n) is 7.06. The molecule has 0 bridgehead atoms. The fourth-order valence-electron chi connectivity index (χ4n) is 2.30. The summed E-state index contributed by atoms with van der Waals surface area (Å²) in [6.07, 6.45) is 3.61. The fourth-order valence-corrected chi connectivity index (χ4v) is 3.06. The number of nitrogens with two attached hydrogens (primary N) is 1. The molecule has 5 nitrogen and oxygen atoms in total. The molecular weight excluding hydrogens is 274 g/mol. The molecule has 6 heteroatoms. The summed E-state index contributed by atoms with van der Waals surface area (Å²) in [5.41, 5.74) is 7.53. The number of nitrogens with zero attached hydrogens (tertiary/aromatic N) is 1. The highest BCUT2D eigenvalue weighted by molar-refractivity contribution is 7.89. The van der Waals surface area contributed by atoms with Gasteiger partial charge in [0.2, 0.25) is 10.0 Å². The van der Waals surface area contributed by atoms with E-state index in [0.29, 0.717) is 5.69 Å². The van der Waals surface area contributed by atoms with E-state index < -0.39 is 10.0 Å². The molecule has 1 aliphatic rings. The summed E-state index contributed by atoms with van der Waals surface area (Å²) in [4.78, 5) is 2.48. The Balaban J connectivity index is 2.26. The first-order valence-corrected chi connectivity index (χ1v) is 8.54. The quantitative estimate of drug-likeness (QED) is 0.753. The standard InChI is InChI=1S/C14H23N3O2S/c1-3-8-17(10-11-4-5-11)14-7-6-12(9-13(14)15)20(18,19)16-2/h6-7,9,11,16H,3-5,8,10,15H2,1-2H3. The second-order valence-electron chi connectivity index (χ2n) is 5.32. The van der Waals surface area contributed by atoms with Crippen LogP contribution in [-0.4, -0.2) is 28.6 Å². The number of hydrogen-bond donors (Lipinski definition) is 2. The van der Waals surface area contributed by atoms with E-state index in [1.165, 1.54) is 26.0 Å². The number of hydrogen-bond acceptors (Lipinski definition) is 4. The molecule has 20 heavy (non-hydrogen) atoms. The third kappa shape index (κ3) is 3.43. The van der Waals surface area contributed by atoms with Crippen LogP contribution < -0.4 is 15.4 Å². The molecule has 2 rings (SSSR count). The number of nitrogen functional groups attached to an aromatic ring is 1. The van der Waals surface area contributed by atoms with Crippen molar-refractivity contribution in [2.45, 2.75) is 31.1 Å². The van der Waals surface area contributed by atoms with Crippen LogP contribution in [0.25, 0.3) is 0 Å². The van der Waals surface area contributed by atoms with Crippen molar-refractivity contribution in [1.82, 2.24) is 4.72 Å². The maximum atomic E-state index is 11.8. The molecule has 1 aliphatic carbocycles. The molecule has 0 unspecified atom stereocenters. The first kappa shape index (κ1) is 15.1. The van der Waals surface area contributed by atoms with Crippen LogP contribution in [0.4, 0.5) is 11.4 Å². The lowest BCUT2D eigenvalue weighted by Crippen LogP contribution is -2.27. The van der Waals surface area contributed by atoms with Crippen LogP contribution >= 0.6 is 0 Å². The Kier molecular flexibility index (Phi) is 4.55. The van der Waals surface area contributed by atoms with Crippen LogP contribution in [0.1, 0.15) is 26.2 Å². The largest absolute Gasteiger partial charge is 0.397 e. The minimum Gasteiger partial charge on any atom is -0.397 e. The lowest BCUT2D eigenvalue weighted by molar-refractivity contribution is 0.588. The Morgan fingerprint density at radius 2 is 2.10 bits per heavy atom. The number of anilines is 2. The molecule has 112 valence electrons. The van der Waals surface area contributed by atoms with Crippen molar-refractivity contribution in [2.75, 3.05) is 30.8 Å². The minimum absolute atomic E-state index is 0.212. The van der Waals surface area contributed by atoms with Crippen LogP contribution in [0.5, 0.6) is 0 Å². The molecule has 0 aromatic heterocycles. The third-order valence-electron chi connectivity index (χ3n) is 3.59. The second kappa shape index (κ2) is 6.01. The van der Waals surface area contributed by atoms with Gasteiger partial charge in [-0.05, 0) is 50.4 Å². The Morgan fingerprint density at radius 3 is 2.60 bits per heavy atom. The highest BCUT2D eigenvalue weighted by Crippen LogP contribution is 2.34. The fraction of sp³-hybridized carbons (Fsp3) is 0.571. The van der Waals surface area contributed by atoms with Gasteiger partial charge in [0.05, 0.1) is 16.3 Å². The monoisotopic (exact) mass is 297 g/mol. The van der Waals surface area contributed by atoms with Gasteiger partial charge >= 0.3 is 0 Å². The van der Waals surface area contributed by atoms with E-state index in [1.807, 2.05) is 6.07 Å². The van der Waals surface area contributed by atoms with Crippen molar-refractivity contribution < 1.29 is 8.42 Å². The Labute approximate surface area is 121 Å². The van der Waals surface area contributed by atoms with Gasteiger partial charge < -0.3 is 10.6 Å². The Bertz CT molecular complexity index is 568. The molecule has 0 amide bonds. The van der Waals surface area contributed by atoms with E-state index in [-0.39, 0.29) is 4.90 Å². The van der Waals surface area contributed by atoms with E-state index >= 15 is 0 Å². The zero-order valence-corrected chi connectivity index (χ0v) is 12.9. The van der Waals surface area contributed by atoms with Crippen molar-refractivity contribution in [3.8, 4) is 0 Å². The van der Waals surface area contributed by atoms with Gasteiger partial charge in [-0.3, -0.25) is 0 Å². The lowest BCUT2D eigenvalue weighted by atomic mass is 10.2. The summed E-state index contributed by atoms with van der Waals surface area (Å²) < 4.78 is 25.8. The molecule has 0 radical (unpaired) electrons. The van der Waals surface area contributed by atoms with E-state index in [9.17, 15) is 8.42 Å². The topological polar surface area (TPSA) is 75.4 Å². The van der Waals surface area contributed by atoms with Gasteiger partial charge in [0, 0.05) is 13.1 Å². The van der Waals surface area contributed by atoms with Crippen LogP contribution in [0.15, 0.2) is 23.1 Å². The van der Waals surface area contributed by atoms with Crippen molar-refractivity contribution >= 4 is 21.4 Å². The van der Waals surface area contributed by atoms with E-state index in [1.54, 1.807) is 6.07 Å². The van der Waals surface area contributed by atoms with E-state index in [2.05, 4.69) is 16.5 Å². The second-order valence-corrected chi connectivity index (χ2v) is 7.20. The van der Waals surface area contributed by atoms with Gasteiger partial charge in [0.15, 0.2) is 0 Å². The van der Waals surface area contributed by atoms with Crippen LogP contribution in [0, 0.1) is 5.92 Å². The molecule has 0 aliphatic heterocycles. The predicted molar refractivity (Wildman–Crippen MR) is 82.3 cm³/mol. The average molecular weight is 297 g/mol. The van der Waals surface area contributed by atoms with Crippen molar-refractivity contribution in [3.05, 3.63) is 18.2 Å². The smallest absolute Gasteiger partial charge is 0.240 e. The number of rotatable bonds is 7. The summed E-state index contributed by atoms with van der Waals surface area (Å²) in [5, 5.41) is 0.